The Bertz CT molecular complexity index is 701. The third kappa shape index (κ3) is 11.8. The van der Waals surface area contributed by atoms with E-state index in [2.05, 4.69) is 16.0 Å². The van der Waals surface area contributed by atoms with E-state index in [0.717, 1.165) is 0 Å². The Morgan fingerprint density at radius 3 is 1.94 bits per heavy atom. The highest BCUT2D eigenvalue weighted by molar-refractivity contribution is 5.94. The molecule has 4 amide bonds. The van der Waals surface area contributed by atoms with Gasteiger partial charge in [-0.25, -0.2) is 4.79 Å². The number of nitrogens with one attached hydrogen (secondary N) is 3. The Hall–Kier alpha value is -3.26. The van der Waals surface area contributed by atoms with Crippen molar-refractivity contribution in [3.05, 3.63) is 0 Å². The van der Waals surface area contributed by atoms with E-state index in [1.165, 1.54) is 6.92 Å². The zero-order valence-corrected chi connectivity index (χ0v) is 17.8. The molecule has 0 aliphatic heterocycles. The van der Waals surface area contributed by atoms with E-state index >= 15 is 0 Å². The summed E-state index contributed by atoms with van der Waals surface area (Å²) in [5.74, 6) is -5.82. The second-order valence-electron chi connectivity index (χ2n) is 7.18. The first-order valence-electron chi connectivity index (χ1n) is 9.98. The molecule has 0 saturated carbocycles. The van der Waals surface area contributed by atoms with E-state index in [1.807, 2.05) is 0 Å². The van der Waals surface area contributed by atoms with Gasteiger partial charge < -0.3 is 43.4 Å². The molecule has 14 nitrogen and oxygen atoms in total. The second kappa shape index (κ2) is 14.7. The fourth-order valence-electron chi connectivity index (χ4n) is 2.54. The van der Waals surface area contributed by atoms with Crippen LogP contribution in [0.25, 0.3) is 0 Å². The van der Waals surface area contributed by atoms with Crippen molar-refractivity contribution in [2.45, 2.75) is 69.6 Å². The van der Waals surface area contributed by atoms with Gasteiger partial charge in [-0.3, -0.25) is 24.0 Å². The number of carbonyl (C=O) groups is 6. The van der Waals surface area contributed by atoms with Crippen LogP contribution in [-0.4, -0.2) is 76.5 Å². The van der Waals surface area contributed by atoms with Crippen molar-refractivity contribution in [3.63, 3.8) is 0 Å². The summed E-state index contributed by atoms with van der Waals surface area (Å²) in [4.78, 5) is 69.8. The summed E-state index contributed by atoms with van der Waals surface area (Å²) in [5.41, 5.74) is 15.9. The van der Waals surface area contributed by atoms with Gasteiger partial charge in [0.05, 0.1) is 12.5 Å². The number of hydrogen-bond acceptors (Lipinski definition) is 8. The number of unbranched alkanes of at least 4 members (excludes halogenated alkanes) is 1. The van der Waals surface area contributed by atoms with Crippen LogP contribution in [-0.2, 0) is 28.8 Å². The highest BCUT2D eigenvalue weighted by Crippen LogP contribution is 2.05. The van der Waals surface area contributed by atoms with Gasteiger partial charge >= 0.3 is 11.9 Å². The monoisotopic (exact) mass is 460 g/mol. The van der Waals surface area contributed by atoms with Crippen molar-refractivity contribution >= 4 is 35.6 Å². The molecule has 0 aromatic rings. The third-order valence-corrected chi connectivity index (χ3v) is 4.36. The zero-order chi connectivity index (χ0) is 24.8. The molecule has 0 radical (unpaired) electrons. The minimum Gasteiger partial charge on any atom is -0.481 e. The fraction of sp³-hybridized carbons (Fsp3) is 0.667. The van der Waals surface area contributed by atoms with Gasteiger partial charge in [0.25, 0.3) is 0 Å². The highest BCUT2D eigenvalue weighted by Gasteiger charge is 2.29. The number of aliphatic carboxylic acids is 2. The quantitative estimate of drug-likeness (QED) is 0.107. The SMILES string of the molecule is CC(NC(=O)C(N)CC(=O)O)C(=O)NC(CCCCN)C(=O)NC(CCC(N)=O)C(=O)O. The number of carboxylic acid groups (broad SMARTS) is 2. The number of primary amides is 1. The third-order valence-electron chi connectivity index (χ3n) is 4.36. The molecule has 0 bridgehead atoms. The zero-order valence-electron chi connectivity index (χ0n) is 17.8. The van der Waals surface area contributed by atoms with Crippen molar-refractivity contribution < 1.29 is 39.0 Å². The van der Waals surface area contributed by atoms with E-state index < -0.39 is 66.2 Å². The Kier molecular flexibility index (Phi) is 13.2. The van der Waals surface area contributed by atoms with E-state index in [1.54, 1.807) is 0 Å². The molecule has 32 heavy (non-hydrogen) atoms. The summed E-state index contributed by atoms with van der Waals surface area (Å²) in [6.07, 6.45) is -0.00462. The molecule has 0 rings (SSSR count). The molecular formula is C18H32N6O8. The normalized spacial score (nSPS) is 14.3. The summed E-state index contributed by atoms with van der Waals surface area (Å²) >= 11 is 0. The topological polar surface area (TPSA) is 257 Å². The summed E-state index contributed by atoms with van der Waals surface area (Å²) in [6.45, 7) is 1.65. The lowest BCUT2D eigenvalue weighted by Crippen LogP contribution is -2.56. The van der Waals surface area contributed by atoms with Crippen molar-refractivity contribution in [1.29, 1.82) is 0 Å². The first-order valence-corrected chi connectivity index (χ1v) is 9.98. The number of amides is 4. The van der Waals surface area contributed by atoms with Gasteiger partial charge in [-0.2, -0.15) is 0 Å². The fourth-order valence-corrected chi connectivity index (χ4v) is 2.54. The summed E-state index contributed by atoms with van der Waals surface area (Å²) in [7, 11) is 0. The average molecular weight is 460 g/mol. The molecular weight excluding hydrogens is 428 g/mol. The Morgan fingerprint density at radius 2 is 1.44 bits per heavy atom. The lowest BCUT2D eigenvalue weighted by atomic mass is 10.1. The Labute approximate surface area is 184 Å². The largest absolute Gasteiger partial charge is 0.481 e. The predicted octanol–water partition coefficient (Wildman–Crippen LogP) is -3.26. The molecule has 0 heterocycles. The first-order chi connectivity index (χ1) is 14.9. The van der Waals surface area contributed by atoms with E-state index in [9.17, 15) is 33.9 Å². The first kappa shape index (κ1) is 28.7. The van der Waals surface area contributed by atoms with Crippen LogP contribution in [0.5, 0.6) is 0 Å². The van der Waals surface area contributed by atoms with Crippen LogP contribution in [0.3, 0.4) is 0 Å². The van der Waals surface area contributed by atoms with Crippen LogP contribution < -0.4 is 33.2 Å². The molecule has 4 unspecified atom stereocenters. The number of carbonyl (C=O) groups excluding carboxylic acids is 4. The molecule has 4 atom stereocenters. The van der Waals surface area contributed by atoms with Gasteiger partial charge in [0.1, 0.15) is 18.1 Å². The molecule has 182 valence electrons. The van der Waals surface area contributed by atoms with Gasteiger partial charge in [-0.1, -0.05) is 0 Å². The molecule has 0 aliphatic rings. The maximum absolute atomic E-state index is 12.6. The van der Waals surface area contributed by atoms with Gasteiger partial charge in [0.15, 0.2) is 0 Å². The van der Waals surface area contributed by atoms with Crippen LogP contribution in [0, 0.1) is 0 Å². The molecule has 0 saturated heterocycles. The van der Waals surface area contributed by atoms with Gasteiger partial charge in [0, 0.05) is 6.42 Å². The average Bonchev–Trinajstić information content (AvgIpc) is 2.68. The maximum atomic E-state index is 12.6. The standard InChI is InChI=1S/C18H32N6O8/c1-9(22-16(29)10(20)8-14(26)27)15(28)23-11(4-2-3-7-19)17(30)24-12(18(31)32)5-6-13(21)25/h9-12H,2-8,19-20H2,1H3,(H2,21,25)(H,22,29)(H,23,28)(H,24,30)(H,26,27)(H,31,32). The minimum absolute atomic E-state index is 0.135. The molecule has 0 spiro atoms. The number of hydrogen-bond donors (Lipinski definition) is 8. The van der Waals surface area contributed by atoms with Crippen molar-refractivity contribution in [3.8, 4) is 0 Å². The molecule has 0 fully saturated rings. The number of carboxylic acids is 2. The summed E-state index contributed by atoms with van der Waals surface area (Å²) in [6, 6.07) is -5.06. The molecule has 14 heteroatoms. The van der Waals surface area contributed by atoms with Crippen molar-refractivity contribution in [2.24, 2.45) is 17.2 Å². The van der Waals surface area contributed by atoms with Crippen molar-refractivity contribution in [1.82, 2.24) is 16.0 Å². The van der Waals surface area contributed by atoms with E-state index in [0.29, 0.717) is 19.4 Å². The lowest BCUT2D eigenvalue weighted by molar-refractivity contribution is -0.142. The molecule has 0 aliphatic carbocycles. The number of nitrogens with two attached hydrogens (primary N) is 3. The van der Waals surface area contributed by atoms with Crippen LogP contribution in [0.4, 0.5) is 0 Å². The van der Waals surface area contributed by atoms with Gasteiger partial charge in [-0.05, 0) is 39.2 Å². The minimum atomic E-state index is -1.39. The molecule has 11 N–H and O–H groups in total. The maximum Gasteiger partial charge on any atom is 0.326 e. The van der Waals surface area contributed by atoms with Gasteiger partial charge in [0.2, 0.25) is 23.6 Å². The summed E-state index contributed by atoms with van der Waals surface area (Å²) < 4.78 is 0. The lowest BCUT2D eigenvalue weighted by Gasteiger charge is -2.23. The summed E-state index contributed by atoms with van der Waals surface area (Å²) in [5, 5.41) is 24.9. The van der Waals surface area contributed by atoms with Crippen LogP contribution in [0.15, 0.2) is 0 Å². The number of rotatable bonds is 16. The Balaban J connectivity index is 5.14. The van der Waals surface area contributed by atoms with Crippen molar-refractivity contribution in [2.75, 3.05) is 6.54 Å². The Morgan fingerprint density at radius 1 is 0.844 bits per heavy atom. The van der Waals surface area contributed by atoms with E-state index in [-0.39, 0.29) is 19.3 Å². The highest BCUT2D eigenvalue weighted by atomic mass is 16.4. The van der Waals surface area contributed by atoms with Crippen LogP contribution in [0.1, 0.15) is 45.4 Å². The van der Waals surface area contributed by atoms with Crippen LogP contribution in [0.2, 0.25) is 0 Å². The van der Waals surface area contributed by atoms with Gasteiger partial charge in [-0.15, -0.1) is 0 Å². The molecule has 0 aromatic carbocycles. The van der Waals surface area contributed by atoms with E-state index in [4.69, 9.17) is 22.3 Å². The predicted molar refractivity (Wildman–Crippen MR) is 111 cm³/mol. The smallest absolute Gasteiger partial charge is 0.326 e. The van der Waals surface area contributed by atoms with Crippen LogP contribution >= 0.6 is 0 Å². The molecule has 0 aromatic heterocycles. The second-order valence-corrected chi connectivity index (χ2v) is 7.18.